The third-order valence-corrected chi connectivity index (χ3v) is 6.38. The van der Waals surface area contributed by atoms with E-state index < -0.39 is 17.5 Å². The van der Waals surface area contributed by atoms with E-state index in [1.165, 1.54) is 0 Å². The number of cyclic esters (lactones) is 1. The molecule has 1 atom stereocenters. The largest absolute Gasteiger partial charge is 0.459 e. The molecule has 2 N–H and O–H groups in total. The average molecular weight is 480 g/mol. The molecule has 0 spiro atoms. The second kappa shape index (κ2) is 9.26. The van der Waals surface area contributed by atoms with Crippen LogP contribution in [-0.4, -0.2) is 33.5 Å². The fourth-order valence-electron chi connectivity index (χ4n) is 4.41. The number of carbonyl (C=O) groups is 3. The number of nitrogens with one attached hydrogen (secondary N) is 2. The molecule has 1 fully saturated rings. The van der Waals surface area contributed by atoms with Crippen molar-refractivity contribution in [3.8, 4) is 0 Å². The number of amides is 1. The molecule has 2 heterocycles. The van der Waals surface area contributed by atoms with Crippen molar-refractivity contribution >= 4 is 46.4 Å². The third kappa shape index (κ3) is 4.68. The molecule has 1 amide bonds. The van der Waals surface area contributed by atoms with Crippen LogP contribution in [0.25, 0.3) is 23.1 Å². The molecule has 7 nitrogen and oxygen atoms in total. The van der Waals surface area contributed by atoms with Crippen LogP contribution in [0.2, 0.25) is 0 Å². The van der Waals surface area contributed by atoms with Gasteiger partial charge in [0.15, 0.2) is 5.78 Å². The van der Waals surface area contributed by atoms with Crippen LogP contribution in [0.4, 0.5) is 5.69 Å². The number of ketones is 1. The fraction of sp³-hybridized carbons (Fsp3) is 0.172. The Labute approximate surface area is 208 Å². The van der Waals surface area contributed by atoms with Crippen molar-refractivity contribution in [2.45, 2.75) is 25.9 Å². The summed E-state index contributed by atoms with van der Waals surface area (Å²) >= 11 is 0. The topological polar surface area (TPSA) is 101 Å². The Balaban J connectivity index is 1.33. The lowest BCUT2D eigenvalue weighted by Crippen LogP contribution is -2.36. The minimum Gasteiger partial charge on any atom is -0.459 e. The monoisotopic (exact) mass is 479 g/mol. The summed E-state index contributed by atoms with van der Waals surface area (Å²) in [5.41, 5.74) is 3.17. The van der Waals surface area contributed by atoms with E-state index in [-0.39, 0.29) is 18.1 Å². The van der Waals surface area contributed by atoms with Gasteiger partial charge in [-0.1, -0.05) is 54.6 Å². The lowest BCUT2D eigenvalue weighted by atomic mass is 9.90. The lowest BCUT2D eigenvalue weighted by molar-refractivity contribution is -0.147. The molecular weight excluding hydrogens is 454 g/mol. The van der Waals surface area contributed by atoms with E-state index in [1.807, 2.05) is 48.6 Å². The minimum absolute atomic E-state index is 0.0319. The van der Waals surface area contributed by atoms with Gasteiger partial charge >= 0.3 is 5.97 Å². The first-order valence-corrected chi connectivity index (χ1v) is 11.7. The van der Waals surface area contributed by atoms with E-state index in [0.717, 1.165) is 22.2 Å². The molecule has 1 saturated heterocycles. The number of ether oxygens (including phenoxy) is 1. The summed E-state index contributed by atoms with van der Waals surface area (Å²) in [4.78, 5) is 37.7. The Hall–Kier alpha value is -4.52. The van der Waals surface area contributed by atoms with E-state index in [4.69, 9.17) is 4.74 Å². The highest BCUT2D eigenvalue weighted by Crippen LogP contribution is 2.33. The normalized spacial score (nSPS) is 16.8. The summed E-state index contributed by atoms with van der Waals surface area (Å²) in [5.74, 6) is -1.48. The highest BCUT2D eigenvalue weighted by atomic mass is 16.6. The number of carbonyl (C=O) groups excluding carboxylic acids is 3. The number of esters is 1. The second-order valence-electron chi connectivity index (χ2n) is 9.35. The van der Waals surface area contributed by atoms with E-state index in [0.29, 0.717) is 16.8 Å². The number of H-pyrrole nitrogens is 1. The first-order chi connectivity index (χ1) is 17.3. The summed E-state index contributed by atoms with van der Waals surface area (Å²) in [6.45, 7) is 3.44. The molecule has 0 radical (unpaired) electrons. The standard InChI is InChI=1S/C29H25N3O4/c1-29(2)23(17-26(33)36-29)28(35)30-21-10-6-9-19(15-21)27(34)20-12-13-22-24(31-32-25(22)16-20)14-11-18-7-4-3-5-8-18/h3-16,23H,17H2,1-2H3,(H,30,35)(H,31,32)/b14-11+. The van der Waals surface area contributed by atoms with Crippen molar-refractivity contribution in [2.24, 2.45) is 5.92 Å². The maximum absolute atomic E-state index is 13.2. The number of aromatic amines is 1. The molecule has 1 aliphatic heterocycles. The molecule has 180 valence electrons. The van der Waals surface area contributed by atoms with Crippen LogP contribution >= 0.6 is 0 Å². The number of hydrogen-bond acceptors (Lipinski definition) is 5. The molecule has 36 heavy (non-hydrogen) atoms. The average Bonchev–Trinajstić information content (AvgIpc) is 3.41. The number of hydrogen-bond donors (Lipinski definition) is 2. The van der Waals surface area contributed by atoms with Crippen molar-refractivity contribution in [1.82, 2.24) is 10.2 Å². The number of anilines is 1. The zero-order chi connectivity index (χ0) is 25.3. The van der Waals surface area contributed by atoms with E-state index in [9.17, 15) is 14.4 Å². The zero-order valence-corrected chi connectivity index (χ0v) is 19.9. The molecule has 0 bridgehead atoms. The number of rotatable bonds is 6. The number of nitrogens with zero attached hydrogens (tertiary/aromatic N) is 1. The van der Waals surface area contributed by atoms with Gasteiger partial charge in [-0.2, -0.15) is 5.10 Å². The number of benzene rings is 3. The minimum atomic E-state index is -0.872. The zero-order valence-electron chi connectivity index (χ0n) is 19.9. The SMILES string of the molecule is CC1(C)OC(=O)CC1C(=O)Nc1cccc(C(=O)c2ccc3c(/C=C/c4ccccc4)n[nH]c3c2)c1. The van der Waals surface area contributed by atoms with Crippen molar-refractivity contribution in [3.63, 3.8) is 0 Å². The van der Waals surface area contributed by atoms with Gasteiger partial charge in [0.25, 0.3) is 0 Å². The molecule has 7 heteroatoms. The molecule has 3 aromatic carbocycles. The van der Waals surface area contributed by atoms with Crippen LogP contribution in [0.3, 0.4) is 0 Å². The van der Waals surface area contributed by atoms with Gasteiger partial charge in [0.05, 0.1) is 23.5 Å². The highest BCUT2D eigenvalue weighted by Gasteiger charge is 2.46. The van der Waals surface area contributed by atoms with Gasteiger partial charge < -0.3 is 10.1 Å². The summed E-state index contributed by atoms with van der Waals surface area (Å²) < 4.78 is 5.25. The molecule has 0 aliphatic carbocycles. The van der Waals surface area contributed by atoms with E-state index >= 15 is 0 Å². The van der Waals surface area contributed by atoms with Crippen LogP contribution in [-0.2, 0) is 14.3 Å². The van der Waals surface area contributed by atoms with Gasteiger partial charge in [-0.15, -0.1) is 0 Å². The first-order valence-electron chi connectivity index (χ1n) is 11.7. The highest BCUT2D eigenvalue weighted by molar-refractivity contribution is 6.11. The van der Waals surface area contributed by atoms with Crippen molar-refractivity contribution in [1.29, 1.82) is 0 Å². The number of aromatic nitrogens is 2. The third-order valence-electron chi connectivity index (χ3n) is 6.38. The Morgan fingerprint density at radius 3 is 2.53 bits per heavy atom. The smallest absolute Gasteiger partial charge is 0.307 e. The molecule has 1 aliphatic rings. The van der Waals surface area contributed by atoms with Crippen LogP contribution in [0, 0.1) is 5.92 Å². The fourth-order valence-corrected chi connectivity index (χ4v) is 4.41. The Morgan fingerprint density at radius 1 is 1.00 bits per heavy atom. The van der Waals surface area contributed by atoms with Gasteiger partial charge in [0, 0.05) is 22.2 Å². The summed E-state index contributed by atoms with van der Waals surface area (Å²) in [7, 11) is 0. The van der Waals surface area contributed by atoms with Gasteiger partial charge in [-0.25, -0.2) is 0 Å². The Morgan fingerprint density at radius 2 is 1.78 bits per heavy atom. The second-order valence-corrected chi connectivity index (χ2v) is 9.35. The van der Waals surface area contributed by atoms with Gasteiger partial charge in [-0.05, 0) is 49.8 Å². The van der Waals surface area contributed by atoms with Crippen molar-refractivity contribution in [3.05, 3.63) is 95.2 Å². The van der Waals surface area contributed by atoms with Gasteiger partial charge in [-0.3, -0.25) is 19.5 Å². The molecule has 0 saturated carbocycles. The lowest BCUT2D eigenvalue weighted by Gasteiger charge is -2.23. The molecular formula is C29H25N3O4. The van der Waals surface area contributed by atoms with E-state index in [2.05, 4.69) is 15.5 Å². The molecule has 4 aromatic rings. The Bertz CT molecular complexity index is 1500. The van der Waals surface area contributed by atoms with Crippen LogP contribution in [0.5, 0.6) is 0 Å². The predicted molar refractivity (Wildman–Crippen MR) is 138 cm³/mol. The van der Waals surface area contributed by atoms with Crippen LogP contribution < -0.4 is 5.32 Å². The summed E-state index contributed by atoms with van der Waals surface area (Å²) in [5, 5.41) is 11.1. The number of fused-ring (bicyclic) bond motifs is 1. The molecule has 1 unspecified atom stereocenters. The van der Waals surface area contributed by atoms with Crippen molar-refractivity contribution in [2.75, 3.05) is 5.32 Å². The maximum Gasteiger partial charge on any atom is 0.307 e. The predicted octanol–water partition coefficient (Wildman–Crippen LogP) is 5.24. The van der Waals surface area contributed by atoms with Crippen LogP contribution in [0.15, 0.2) is 72.8 Å². The first kappa shape index (κ1) is 23.2. The molecule has 5 rings (SSSR count). The van der Waals surface area contributed by atoms with E-state index in [1.54, 1.807) is 50.2 Å². The quantitative estimate of drug-likeness (QED) is 0.291. The summed E-state index contributed by atoms with van der Waals surface area (Å²) in [6, 6.07) is 22.1. The van der Waals surface area contributed by atoms with Crippen LogP contribution in [0.1, 0.15) is 47.4 Å². The maximum atomic E-state index is 13.2. The molecule has 1 aromatic heterocycles. The van der Waals surface area contributed by atoms with Gasteiger partial charge in [0.1, 0.15) is 5.60 Å². The van der Waals surface area contributed by atoms with Gasteiger partial charge in [0.2, 0.25) is 5.91 Å². The summed E-state index contributed by atoms with van der Waals surface area (Å²) in [6.07, 6.45) is 3.96. The van der Waals surface area contributed by atoms with Crippen molar-refractivity contribution < 1.29 is 19.1 Å². The Kier molecular flexibility index (Phi) is 5.98.